The van der Waals surface area contributed by atoms with Crippen LogP contribution in [-0.2, 0) is 102 Å². The first-order valence-electron chi connectivity index (χ1n) is 53.1. The van der Waals surface area contributed by atoms with Gasteiger partial charge in [0, 0.05) is 175 Å². The third-order valence-corrected chi connectivity index (χ3v) is 27.8. The number of ketones is 7. The molecule has 0 aromatic heterocycles. The van der Waals surface area contributed by atoms with Gasteiger partial charge < -0.3 is 55.7 Å². The maximum Gasteiger partial charge on any atom is 0.390 e. The number of halogens is 10. The molecule has 4 saturated heterocycles. The van der Waals surface area contributed by atoms with Crippen LogP contribution in [0.5, 0.6) is 0 Å². The van der Waals surface area contributed by atoms with Gasteiger partial charge in [0.1, 0.15) is 0 Å². The lowest BCUT2D eigenvalue weighted by molar-refractivity contribution is -0.135. The van der Waals surface area contributed by atoms with Crippen LogP contribution in [0.2, 0.25) is 35.2 Å². The van der Waals surface area contributed by atoms with Gasteiger partial charge in [-0.1, -0.05) is 277 Å². The van der Waals surface area contributed by atoms with Crippen molar-refractivity contribution in [3.8, 4) is 0 Å². The molecule has 1 amide bonds. The number of morpholine rings is 1. The Morgan fingerprint density at radius 3 is 0.866 bits per heavy atom. The lowest BCUT2D eigenvalue weighted by atomic mass is 9.94. The molecular weight excluding hydrogens is 2040 g/mol. The summed E-state index contributed by atoms with van der Waals surface area (Å²) in [5, 5.41) is 28.0. The zero-order valence-electron chi connectivity index (χ0n) is 91.1. The van der Waals surface area contributed by atoms with Crippen LogP contribution < -0.4 is 37.2 Å². The predicted molar refractivity (Wildman–Crippen MR) is 605 cm³/mol. The summed E-state index contributed by atoms with van der Waals surface area (Å²) in [5.74, 6) is 2.56. The number of ether oxygens (including phenoxy) is 4. The Kier molecular flexibility index (Phi) is 64.6. The zero-order valence-corrected chi connectivity index (χ0v) is 96.3. The topological polar surface area (TPSA) is 264 Å². The van der Waals surface area contributed by atoms with Gasteiger partial charge in [-0.25, -0.2) is 0 Å². The second-order valence-corrected chi connectivity index (χ2v) is 44.7. The fourth-order valence-electron chi connectivity index (χ4n) is 16.9. The van der Waals surface area contributed by atoms with Crippen LogP contribution >= 0.6 is 81.2 Å². The first-order valence-corrected chi connectivity index (χ1v) is 55.7. The summed E-state index contributed by atoms with van der Waals surface area (Å²) in [6.07, 6.45) is 6.82. The molecular formula is C118H169Cl7F3N9O12. The molecule has 0 spiro atoms. The number of carbonyl (C=O) groups excluding carboxylic acids is 8. The van der Waals surface area contributed by atoms with Crippen molar-refractivity contribution >= 4 is 128 Å². The molecule has 7 atom stereocenters. The maximum atomic E-state index is 12.5. The Balaban J connectivity index is 0.000000306. The highest BCUT2D eigenvalue weighted by molar-refractivity contribution is 6.32. The number of rotatable bonds is 49. The standard InChI is InChI=1S/C19H28ClNO2.C18H27ClN2O2.C18H26ClNO2.C17H24ClNO2.C16H23ClN2O2.C15H19ClF3NO.C15H22ClNO/c1-14(2)19(22)18(13-16-3-5-17(20)6-4-16)21-10-7-15-8-11-23-12-9-15;1-14(2)18(22)17(13-15-3-5-16(19)6-4-15)20-7-8-21-9-11-23-12-10-21;1-13(2)18(21)17(11-14-3-5-16(19)6-4-14)20-12-15-7-9-22-10-8-15;1-12(2)17(20)16(19-15-7-9-21-10-8-15)11-13-3-5-14(18)6-4-13;1-11(2)16(21)14(18-10-15(20)19(3)4)9-12-5-7-13(17)8-6-12;1-10(2)14(21)13(20-8-7-15(17,18)19)9-11-3-5-12(16)6-4-11;1-10(2)15(18)14(17-11(3)4)9-12-5-7-13(16)8-6-12/h3-6,14-15,18,21H,7-13H2,1-2H3;3-6,14,17,20H,7-13H2,1-2H3;3-6,13,15,17,20H,7-12H2,1-2H3;3-6,12,15-16,19H,7-11H2,1-2H3;5-8,11,14,18H,9-10H2,1-4H3;3-6,10,13,20H,7-9H2,1-2H3;5-8,10-11,14,17H,9H2,1-4H3/t18-;2*17-;16-;14-;13-;14-/m1111111/s1. The van der Waals surface area contributed by atoms with E-state index in [0.29, 0.717) is 60.2 Å². The van der Waals surface area contributed by atoms with E-state index in [1.165, 1.54) is 4.90 Å². The van der Waals surface area contributed by atoms with E-state index < -0.39 is 18.6 Å². The molecule has 0 bridgehead atoms. The second-order valence-electron chi connectivity index (χ2n) is 41.6. The van der Waals surface area contributed by atoms with Gasteiger partial charge in [0.15, 0.2) is 40.5 Å². The molecule has 4 aliphatic rings. The number of Topliss-reactive ketones (excluding diaryl/α,β-unsaturated/α-hetero) is 7. The van der Waals surface area contributed by atoms with Gasteiger partial charge in [0.05, 0.1) is 68.5 Å². The van der Waals surface area contributed by atoms with Crippen molar-refractivity contribution in [2.24, 2.45) is 53.3 Å². The molecule has 11 rings (SSSR count). The van der Waals surface area contributed by atoms with Crippen LogP contribution in [0, 0.1) is 53.3 Å². The fourth-order valence-corrected chi connectivity index (χ4v) is 17.8. The molecule has 828 valence electrons. The fraction of sp³-hybridized carbons (Fsp3) is 0.576. The molecule has 4 fully saturated rings. The summed E-state index contributed by atoms with van der Waals surface area (Å²) in [5.41, 5.74) is 7.56. The number of nitrogens with zero attached hydrogens (tertiary/aromatic N) is 2. The second kappa shape index (κ2) is 72.7. The molecule has 0 unspecified atom stereocenters. The summed E-state index contributed by atoms with van der Waals surface area (Å²) in [7, 11) is 3.39. The number of likely N-dealkylation sites (N-methyl/N-ethyl adjacent to an activating group) is 1. The quantitative estimate of drug-likeness (QED) is 0.0187. The molecule has 7 N–H and O–H groups in total. The van der Waals surface area contributed by atoms with Crippen molar-refractivity contribution in [3.63, 3.8) is 0 Å². The Morgan fingerprint density at radius 2 is 0.570 bits per heavy atom. The van der Waals surface area contributed by atoms with E-state index in [1.807, 2.05) is 217 Å². The molecule has 0 aliphatic carbocycles. The maximum absolute atomic E-state index is 12.5. The molecule has 7 aromatic rings. The largest absolute Gasteiger partial charge is 0.390 e. The number of benzene rings is 7. The van der Waals surface area contributed by atoms with E-state index in [0.717, 1.165) is 220 Å². The predicted octanol–water partition coefficient (Wildman–Crippen LogP) is 22.7. The summed E-state index contributed by atoms with van der Waals surface area (Å²) in [4.78, 5) is 102. The van der Waals surface area contributed by atoms with Crippen molar-refractivity contribution in [1.82, 2.24) is 47.0 Å². The summed E-state index contributed by atoms with van der Waals surface area (Å²) in [6.45, 7) is 42.9. The van der Waals surface area contributed by atoms with Gasteiger partial charge in [-0.05, 0) is 239 Å². The Labute approximate surface area is 922 Å². The Hall–Kier alpha value is -6.96. The molecule has 149 heavy (non-hydrogen) atoms. The van der Waals surface area contributed by atoms with Gasteiger partial charge in [0.2, 0.25) is 5.91 Å². The lowest BCUT2D eigenvalue weighted by Gasteiger charge is -2.29. The van der Waals surface area contributed by atoms with Gasteiger partial charge in [-0.2, -0.15) is 13.2 Å². The van der Waals surface area contributed by atoms with E-state index in [9.17, 15) is 51.5 Å². The minimum Gasteiger partial charge on any atom is -0.381 e. The average molecular weight is 2210 g/mol. The smallest absolute Gasteiger partial charge is 0.381 e. The highest BCUT2D eigenvalue weighted by Crippen LogP contribution is 2.26. The van der Waals surface area contributed by atoms with Crippen molar-refractivity contribution in [1.29, 1.82) is 0 Å². The SMILES string of the molecule is CC(C)C(=O)[C@@H](Cc1ccc(Cl)cc1)NC1CCOCC1.CC(C)C(=O)[C@@H](Cc1ccc(Cl)cc1)NCC(=O)N(C)C.CC(C)C(=O)[C@@H](Cc1ccc(Cl)cc1)NCC1CCOCC1.CC(C)C(=O)[C@@H](Cc1ccc(Cl)cc1)NCCC(F)(F)F.CC(C)C(=O)[C@@H](Cc1ccc(Cl)cc1)NCCC1CCOCC1.CC(C)C(=O)[C@@H](Cc1ccc(Cl)cc1)NCCN1CCOCC1.CC(C)N[C@H](Cc1ccc(Cl)cc1)C(=O)C(C)C. The normalized spacial score (nSPS) is 15.7. The zero-order chi connectivity index (χ0) is 110. The van der Waals surface area contributed by atoms with E-state index in [-0.39, 0.29) is 137 Å². The lowest BCUT2D eigenvalue weighted by Crippen LogP contribution is -2.48. The Morgan fingerprint density at radius 1 is 0.322 bits per heavy atom. The Bertz CT molecular complexity index is 4860. The number of amides is 1. The number of carbonyl (C=O) groups is 8. The van der Waals surface area contributed by atoms with Gasteiger partial charge in [0.25, 0.3) is 0 Å². The van der Waals surface area contributed by atoms with Gasteiger partial charge in [-0.3, -0.25) is 48.6 Å². The van der Waals surface area contributed by atoms with E-state index in [2.05, 4.69) is 56.0 Å². The van der Waals surface area contributed by atoms with E-state index in [1.54, 1.807) is 64.3 Å². The molecule has 0 saturated carbocycles. The highest BCUT2D eigenvalue weighted by Gasteiger charge is 2.33. The number of hydrogen-bond acceptors (Lipinski definition) is 20. The first kappa shape index (κ1) is 132. The minimum absolute atomic E-state index is 0.0307. The van der Waals surface area contributed by atoms with Crippen LogP contribution in [0.15, 0.2) is 170 Å². The van der Waals surface area contributed by atoms with Crippen molar-refractivity contribution in [3.05, 3.63) is 244 Å². The minimum atomic E-state index is -4.22. The molecule has 21 nitrogen and oxygen atoms in total. The summed E-state index contributed by atoms with van der Waals surface area (Å²) in [6, 6.07) is 52.1. The molecule has 31 heteroatoms. The van der Waals surface area contributed by atoms with Crippen LogP contribution in [-0.4, -0.2) is 236 Å². The molecule has 7 aromatic carbocycles. The van der Waals surface area contributed by atoms with Crippen LogP contribution in [0.4, 0.5) is 13.2 Å². The highest BCUT2D eigenvalue weighted by atomic mass is 35.5. The summed E-state index contributed by atoms with van der Waals surface area (Å²) < 4.78 is 58.1. The number of alkyl halides is 3. The van der Waals surface area contributed by atoms with Crippen LogP contribution in [0.3, 0.4) is 0 Å². The van der Waals surface area contributed by atoms with Gasteiger partial charge in [-0.15, -0.1) is 0 Å². The van der Waals surface area contributed by atoms with Crippen LogP contribution in [0.1, 0.15) is 201 Å². The summed E-state index contributed by atoms with van der Waals surface area (Å²) >= 11 is 41.2. The van der Waals surface area contributed by atoms with Crippen molar-refractivity contribution in [2.75, 3.05) is 119 Å². The molecule has 4 aliphatic heterocycles. The third-order valence-electron chi connectivity index (χ3n) is 26.0. The number of nitrogens with one attached hydrogen (secondary N) is 7. The number of hydrogen-bond donors (Lipinski definition) is 7. The first-order chi connectivity index (χ1) is 70.6. The molecule has 0 radical (unpaired) electrons. The average Bonchev–Trinajstić information content (AvgIpc) is 0.912. The van der Waals surface area contributed by atoms with E-state index >= 15 is 0 Å². The third kappa shape index (κ3) is 56.3. The van der Waals surface area contributed by atoms with Gasteiger partial charge >= 0.3 is 6.18 Å². The molecule has 4 heterocycles. The monoisotopic (exact) mass is 2210 g/mol. The van der Waals surface area contributed by atoms with Crippen molar-refractivity contribution < 1.29 is 70.5 Å². The van der Waals surface area contributed by atoms with Crippen molar-refractivity contribution in [2.45, 2.75) is 268 Å². The van der Waals surface area contributed by atoms with Crippen LogP contribution in [0.25, 0.3) is 0 Å². The van der Waals surface area contributed by atoms with E-state index in [4.69, 9.17) is 100 Å².